The Morgan fingerprint density at radius 1 is 0.955 bits per heavy atom. The third-order valence-corrected chi connectivity index (χ3v) is 4.83. The zero-order valence-corrected chi connectivity index (χ0v) is 12.6. The molecule has 0 amide bonds. The predicted molar refractivity (Wildman–Crippen MR) is 86.9 cm³/mol. The normalized spacial score (nSPS) is 27.0. The molecule has 0 aliphatic heterocycles. The molecule has 0 bridgehead atoms. The van der Waals surface area contributed by atoms with Crippen LogP contribution in [-0.2, 0) is 9.53 Å². The van der Waals surface area contributed by atoms with Gasteiger partial charge in [0.2, 0.25) is 0 Å². The molecule has 0 saturated carbocycles. The van der Waals surface area contributed by atoms with Crippen molar-refractivity contribution >= 4 is 5.97 Å². The Morgan fingerprint density at radius 2 is 1.68 bits per heavy atom. The SMILES string of the molecule is COC(=O)CCC1=CC2=CC=C3C=CC=C4C=CC(=C1)C2C43. The number of carbonyl (C=O) groups is 1. The number of rotatable bonds is 3. The van der Waals surface area contributed by atoms with Crippen molar-refractivity contribution in [2.24, 2.45) is 11.8 Å². The van der Waals surface area contributed by atoms with Gasteiger partial charge in [-0.3, -0.25) is 4.79 Å². The lowest BCUT2D eigenvalue weighted by Crippen LogP contribution is -2.28. The van der Waals surface area contributed by atoms with Crippen molar-refractivity contribution in [3.8, 4) is 0 Å². The van der Waals surface area contributed by atoms with Gasteiger partial charge in [0.15, 0.2) is 0 Å². The summed E-state index contributed by atoms with van der Waals surface area (Å²) in [7, 11) is 1.44. The first-order valence-corrected chi connectivity index (χ1v) is 7.73. The van der Waals surface area contributed by atoms with Crippen molar-refractivity contribution in [1.82, 2.24) is 0 Å². The molecule has 0 N–H and O–H groups in total. The molecule has 4 aliphatic carbocycles. The van der Waals surface area contributed by atoms with Gasteiger partial charge in [0.1, 0.15) is 0 Å². The molecular formula is C20H18O2. The molecule has 0 aromatic carbocycles. The van der Waals surface area contributed by atoms with Gasteiger partial charge in [0.25, 0.3) is 0 Å². The zero-order chi connectivity index (χ0) is 15.1. The second kappa shape index (κ2) is 5.13. The summed E-state index contributed by atoms with van der Waals surface area (Å²) in [6, 6.07) is 0. The minimum atomic E-state index is -0.150. The molecule has 22 heavy (non-hydrogen) atoms. The van der Waals surface area contributed by atoms with Crippen LogP contribution in [0, 0.1) is 11.8 Å². The van der Waals surface area contributed by atoms with Gasteiger partial charge in [-0.15, -0.1) is 0 Å². The fourth-order valence-electron chi connectivity index (χ4n) is 3.78. The van der Waals surface area contributed by atoms with E-state index in [9.17, 15) is 4.79 Å². The van der Waals surface area contributed by atoms with Crippen LogP contribution in [0.1, 0.15) is 12.8 Å². The Labute approximate surface area is 130 Å². The van der Waals surface area contributed by atoms with Crippen molar-refractivity contribution in [3.63, 3.8) is 0 Å². The molecular weight excluding hydrogens is 272 g/mol. The van der Waals surface area contributed by atoms with Gasteiger partial charge in [0, 0.05) is 18.3 Å². The summed E-state index contributed by atoms with van der Waals surface area (Å²) in [4.78, 5) is 11.4. The lowest BCUT2D eigenvalue weighted by Gasteiger charge is -2.40. The third-order valence-electron chi connectivity index (χ3n) is 4.83. The van der Waals surface area contributed by atoms with Gasteiger partial charge in [-0.25, -0.2) is 0 Å². The summed E-state index contributed by atoms with van der Waals surface area (Å²) in [5, 5.41) is 0. The molecule has 2 unspecified atom stereocenters. The Balaban J connectivity index is 1.70. The van der Waals surface area contributed by atoms with Crippen LogP contribution in [0.4, 0.5) is 0 Å². The Hall–Kier alpha value is -2.35. The van der Waals surface area contributed by atoms with Gasteiger partial charge in [-0.2, -0.15) is 0 Å². The van der Waals surface area contributed by atoms with Crippen LogP contribution in [0.15, 0.2) is 82.5 Å². The van der Waals surface area contributed by atoms with Gasteiger partial charge in [0.05, 0.1) is 7.11 Å². The molecule has 0 fully saturated rings. The summed E-state index contributed by atoms with van der Waals surface area (Å²) < 4.78 is 4.74. The number of carbonyl (C=O) groups excluding carboxylic acids is 1. The number of ether oxygens (including phenoxy) is 1. The van der Waals surface area contributed by atoms with Gasteiger partial charge in [-0.05, 0) is 34.3 Å². The maximum atomic E-state index is 11.4. The number of methoxy groups -OCH3 is 1. The minimum absolute atomic E-state index is 0.150. The highest BCUT2D eigenvalue weighted by Gasteiger charge is 2.37. The van der Waals surface area contributed by atoms with Crippen LogP contribution in [-0.4, -0.2) is 13.1 Å². The molecule has 0 radical (unpaired) electrons. The smallest absolute Gasteiger partial charge is 0.305 e. The zero-order valence-electron chi connectivity index (χ0n) is 12.6. The molecule has 4 rings (SSSR count). The number of hydrogen-bond donors (Lipinski definition) is 0. The Kier molecular flexibility index (Phi) is 3.11. The van der Waals surface area contributed by atoms with E-state index < -0.39 is 0 Å². The van der Waals surface area contributed by atoms with Crippen LogP contribution >= 0.6 is 0 Å². The fourth-order valence-corrected chi connectivity index (χ4v) is 3.78. The molecule has 0 heterocycles. The van der Waals surface area contributed by atoms with E-state index in [2.05, 4.69) is 54.7 Å². The average molecular weight is 290 g/mol. The lowest BCUT2D eigenvalue weighted by atomic mass is 9.64. The number of hydrogen-bond acceptors (Lipinski definition) is 2. The van der Waals surface area contributed by atoms with Crippen LogP contribution in [0.2, 0.25) is 0 Å². The maximum absolute atomic E-state index is 11.4. The molecule has 4 aliphatic rings. The quantitative estimate of drug-likeness (QED) is 0.735. The van der Waals surface area contributed by atoms with Crippen molar-refractivity contribution in [2.45, 2.75) is 12.8 Å². The van der Waals surface area contributed by atoms with Crippen molar-refractivity contribution in [1.29, 1.82) is 0 Å². The molecule has 2 heteroatoms. The first kappa shape index (κ1) is 13.3. The van der Waals surface area contributed by atoms with E-state index in [4.69, 9.17) is 4.74 Å². The van der Waals surface area contributed by atoms with E-state index in [0.717, 1.165) is 6.42 Å². The number of esters is 1. The molecule has 0 aromatic rings. The second-order valence-electron chi connectivity index (χ2n) is 6.09. The topological polar surface area (TPSA) is 26.3 Å². The summed E-state index contributed by atoms with van der Waals surface area (Å²) in [5.41, 5.74) is 6.72. The van der Waals surface area contributed by atoms with E-state index in [1.165, 1.54) is 35.0 Å². The highest BCUT2D eigenvalue weighted by Crippen LogP contribution is 2.49. The molecule has 0 aromatic heterocycles. The number of allylic oxidation sites excluding steroid dienone is 14. The summed E-state index contributed by atoms with van der Waals surface area (Å²) in [5.74, 6) is 0.741. The standard InChI is InChI=1S/C20H18O2/c1-22-18(21)10-5-13-11-16-8-6-14-3-2-4-15-7-9-17(12-13)20(16)19(14)15/h2-4,6-9,11-12,19-20H,5,10H2,1H3. The molecule has 2 atom stereocenters. The van der Waals surface area contributed by atoms with Gasteiger partial charge in [-0.1, -0.05) is 54.7 Å². The van der Waals surface area contributed by atoms with E-state index in [0.29, 0.717) is 18.3 Å². The molecule has 0 spiro atoms. The van der Waals surface area contributed by atoms with E-state index in [-0.39, 0.29) is 5.97 Å². The first-order chi connectivity index (χ1) is 10.8. The summed E-state index contributed by atoms with van der Waals surface area (Å²) >= 11 is 0. The van der Waals surface area contributed by atoms with Crippen molar-refractivity contribution in [2.75, 3.05) is 7.11 Å². The van der Waals surface area contributed by atoms with E-state index in [1.807, 2.05) is 0 Å². The first-order valence-electron chi connectivity index (χ1n) is 7.73. The molecule has 110 valence electrons. The largest absolute Gasteiger partial charge is 0.469 e. The average Bonchev–Trinajstić information content (AvgIpc) is 2.57. The predicted octanol–water partition coefficient (Wildman–Crippen LogP) is 3.97. The van der Waals surface area contributed by atoms with Crippen LogP contribution in [0.3, 0.4) is 0 Å². The highest BCUT2D eigenvalue weighted by molar-refractivity contribution is 5.70. The lowest BCUT2D eigenvalue weighted by molar-refractivity contribution is -0.140. The molecule has 0 saturated heterocycles. The highest BCUT2D eigenvalue weighted by atomic mass is 16.5. The molecule has 2 nitrogen and oxygen atoms in total. The minimum Gasteiger partial charge on any atom is -0.469 e. The third kappa shape index (κ3) is 2.07. The monoisotopic (exact) mass is 290 g/mol. The van der Waals surface area contributed by atoms with E-state index in [1.54, 1.807) is 0 Å². The Bertz CT molecular complexity index is 751. The van der Waals surface area contributed by atoms with Crippen LogP contribution in [0.5, 0.6) is 0 Å². The Morgan fingerprint density at radius 3 is 2.55 bits per heavy atom. The second-order valence-corrected chi connectivity index (χ2v) is 6.09. The van der Waals surface area contributed by atoms with Crippen molar-refractivity contribution in [3.05, 3.63) is 82.5 Å². The van der Waals surface area contributed by atoms with Gasteiger partial charge >= 0.3 is 5.97 Å². The van der Waals surface area contributed by atoms with Crippen LogP contribution < -0.4 is 0 Å². The summed E-state index contributed by atoms with van der Waals surface area (Å²) in [6.45, 7) is 0. The maximum Gasteiger partial charge on any atom is 0.305 e. The van der Waals surface area contributed by atoms with Gasteiger partial charge < -0.3 is 4.74 Å². The van der Waals surface area contributed by atoms with E-state index >= 15 is 0 Å². The van der Waals surface area contributed by atoms with Crippen LogP contribution in [0.25, 0.3) is 0 Å². The van der Waals surface area contributed by atoms with Crippen molar-refractivity contribution < 1.29 is 9.53 Å². The summed E-state index contributed by atoms with van der Waals surface area (Å²) in [6.07, 6.45) is 21.2. The fraction of sp³-hybridized carbons (Fsp3) is 0.250.